The highest BCUT2D eigenvalue weighted by atomic mass is 32.2. The van der Waals surface area contributed by atoms with Gasteiger partial charge in [-0.15, -0.1) is 0 Å². The van der Waals surface area contributed by atoms with Crippen LogP contribution in [0, 0.1) is 10.1 Å². The van der Waals surface area contributed by atoms with Crippen molar-refractivity contribution in [3.63, 3.8) is 0 Å². The van der Waals surface area contributed by atoms with E-state index < -0.39 is 25.5 Å². The molecule has 0 aliphatic rings. The zero-order valence-electron chi connectivity index (χ0n) is 10.5. The van der Waals surface area contributed by atoms with Gasteiger partial charge in [0.05, 0.1) is 4.92 Å². The molecular formula is C10H16N4O4S. The summed E-state index contributed by atoms with van der Waals surface area (Å²) in [6.45, 7) is 2.22. The van der Waals surface area contributed by atoms with Crippen molar-refractivity contribution >= 4 is 21.5 Å². The van der Waals surface area contributed by atoms with Crippen LogP contribution in [0.5, 0.6) is 0 Å². The fourth-order valence-corrected chi connectivity index (χ4v) is 2.70. The minimum atomic E-state index is -3.95. The Bertz CT molecular complexity index is 559. The van der Waals surface area contributed by atoms with E-state index in [1.807, 2.05) is 6.92 Å². The molecule has 0 radical (unpaired) electrons. The second-order valence-electron chi connectivity index (χ2n) is 3.94. The number of pyridine rings is 1. The monoisotopic (exact) mass is 288 g/mol. The normalized spacial score (nSPS) is 11.4. The van der Waals surface area contributed by atoms with E-state index in [9.17, 15) is 18.5 Å². The summed E-state index contributed by atoms with van der Waals surface area (Å²) >= 11 is 0. The second-order valence-corrected chi connectivity index (χ2v) is 5.67. The van der Waals surface area contributed by atoms with Gasteiger partial charge in [0.15, 0.2) is 4.90 Å². The van der Waals surface area contributed by atoms with Crippen LogP contribution in [0.2, 0.25) is 0 Å². The van der Waals surface area contributed by atoms with Gasteiger partial charge in [0.2, 0.25) is 10.0 Å². The van der Waals surface area contributed by atoms with Crippen molar-refractivity contribution in [2.45, 2.75) is 31.1 Å². The fourth-order valence-electron chi connectivity index (χ4n) is 1.46. The highest BCUT2D eigenvalue weighted by molar-refractivity contribution is 7.89. The molecular weight excluding hydrogens is 272 g/mol. The molecule has 0 fully saturated rings. The third-order valence-electron chi connectivity index (χ3n) is 2.43. The minimum Gasteiger partial charge on any atom is -0.384 e. The van der Waals surface area contributed by atoms with Crippen LogP contribution in [0.25, 0.3) is 0 Å². The average Bonchev–Trinajstić information content (AvgIpc) is 2.34. The van der Waals surface area contributed by atoms with Gasteiger partial charge in [0, 0.05) is 12.6 Å². The molecule has 19 heavy (non-hydrogen) atoms. The first-order chi connectivity index (χ1) is 8.88. The molecule has 0 unspecified atom stereocenters. The molecule has 1 heterocycles. The van der Waals surface area contributed by atoms with Gasteiger partial charge in [-0.05, 0) is 6.42 Å². The first-order valence-corrected chi connectivity index (χ1v) is 7.26. The Labute approximate surface area is 111 Å². The quantitative estimate of drug-likeness (QED) is 0.438. The van der Waals surface area contributed by atoms with E-state index in [0.29, 0.717) is 6.42 Å². The Morgan fingerprint density at radius 2 is 2.16 bits per heavy atom. The number of hydrogen-bond acceptors (Lipinski definition) is 6. The van der Waals surface area contributed by atoms with E-state index in [-0.39, 0.29) is 12.4 Å². The molecule has 0 amide bonds. The predicted octanol–water partition coefficient (Wildman–Crippen LogP) is 1.04. The predicted molar refractivity (Wildman–Crippen MR) is 70.0 cm³/mol. The van der Waals surface area contributed by atoms with Gasteiger partial charge in [-0.3, -0.25) is 10.1 Å². The molecule has 0 spiro atoms. The number of rotatable bonds is 7. The molecule has 0 saturated carbocycles. The summed E-state index contributed by atoms with van der Waals surface area (Å²) in [5.74, 6) is -0.0838. The number of nitrogens with two attached hydrogens (primary N) is 1. The fraction of sp³-hybridized carbons (Fsp3) is 0.500. The third kappa shape index (κ3) is 4.14. The third-order valence-corrected chi connectivity index (χ3v) is 3.92. The van der Waals surface area contributed by atoms with Crippen LogP contribution in [0.15, 0.2) is 17.2 Å². The zero-order chi connectivity index (χ0) is 14.5. The number of sulfonamides is 1. The number of unbranched alkanes of at least 4 members (excludes halogenated alkanes) is 2. The molecule has 0 atom stereocenters. The average molecular weight is 288 g/mol. The topological polar surface area (TPSA) is 128 Å². The molecule has 1 aromatic rings. The van der Waals surface area contributed by atoms with Crippen molar-refractivity contribution in [2.24, 2.45) is 0 Å². The van der Waals surface area contributed by atoms with Gasteiger partial charge in [-0.1, -0.05) is 19.8 Å². The van der Waals surface area contributed by atoms with Crippen molar-refractivity contribution in [1.29, 1.82) is 0 Å². The summed E-state index contributed by atoms with van der Waals surface area (Å²) in [6, 6.07) is 0.986. The molecule has 1 rings (SSSR count). The van der Waals surface area contributed by atoms with Gasteiger partial charge in [-0.25, -0.2) is 18.1 Å². The lowest BCUT2D eigenvalue weighted by Crippen LogP contribution is -2.25. The van der Waals surface area contributed by atoms with Crippen LogP contribution in [0.1, 0.15) is 26.2 Å². The number of nitrogens with zero attached hydrogens (tertiary/aromatic N) is 2. The maximum atomic E-state index is 12.0. The van der Waals surface area contributed by atoms with Gasteiger partial charge in [0.1, 0.15) is 12.0 Å². The van der Waals surface area contributed by atoms with E-state index in [2.05, 4.69) is 9.71 Å². The Morgan fingerprint density at radius 3 is 2.74 bits per heavy atom. The number of nitrogen functional groups attached to an aromatic ring is 1. The molecule has 1 aromatic heterocycles. The first kappa shape index (κ1) is 15.3. The maximum Gasteiger partial charge on any atom is 0.307 e. The van der Waals surface area contributed by atoms with Crippen molar-refractivity contribution in [3.05, 3.63) is 22.4 Å². The van der Waals surface area contributed by atoms with Crippen LogP contribution in [0.3, 0.4) is 0 Å². The van der Waals surface area contributed by atoms with E-state index >= 15 is 0 Å². The number of anilines is 1. The highest BCUT2D eigenvalue weighted by Gasteiger charge is 2.26. The minimum absolute atomic E-state index is 0.0838. The van der Waals surface area contributed by atoms with Crippen molar-refractivity contribution in [3.8, 4) is 0 Å². The standard InChI is InChI=1S/C10H16N4O4S/c1-2-3-4-5-13-19(17,18)9-6-10(11)12-7-8(9)14(15)16/h6-7,13H,2-5H2,1H3,(H2,11,12). The number of aromatic nitrogens is 1. The van der Waals surface area contributed by atoms with Crippen LogP contribution in [-0.2, 0) is 10.0 Å². The summed E-state index contributed by atoms with van der Waals surface area (Å²) in [5, 5.41) is 10.8. The molecule has 3 N–H and O–H groups in total. The van der Waals surface area contributed by atoms with E-state index in [1.165, 1.54) is 0 Å². The van der Waals surface area contributed by atoms with Crippen LogP contribution in [0.4, 0.5) is 11.5 Å². The van der Waals surface area contributed by atoms with Crippen molar-refractivity contribution in [2.75, 3.05) is 12.3 Å². The number of nitrogens with one attached hydrogen (secondary N) is 1. The molecule has 0 aliphatic heterocycles. The van der Waals surface area contributed by atoms with Crippen LogP contribution < -0.4 is 10.5 Å². The summed E-state index contributed by atoms with van der Waals surface area (Å²) in [6.07, 6.45) is 3.34. The van der Waals surface area contributed by atoms with Crippen molar-refractivity contribution < 1.29 is 13.3 Å². The summed E-state index contributed by atoms with van der Waals surface area (Å²) in [4.78, 5) is 13.1. The van der Waals surface area contributed by atoms with Crippen molar-refractivity contribution in [1.82, 2.24) is 9.71 Å². The molecule has 9 heteroatoms. The summed E-state index contributed by atoms with van der Waals surface area (Å²) in [7, 11) is -3.95. The zero-order valence-corrected chi connectivity index (χ0v) is 11.3. The van der Waals surface area contributed by atoms with Crippen LogP contribution in [-0.4, -0.2) is 24.9 Å². The SMILES string of the molecule is CCCCCNS(=O)(=O)c1cc(N)ncc1[N+](=O)[O-]. The van der Waals surface area contributed by atoms with Gasteiger partial charge < -0.3 is 5.73 Å². The summed E-state index contributed by atoms with van der Waals surface area (Å²) in [5.41, 5.74) is 4.79. The van der Waals surface area contributed by atoms with E-state index in [1.54, 1.807) is 0 Å². The Balaban J connectivity index is 3.00. The van der Waals surface area contributed by atoms with Gasteiger partial charge >= 0.3 is 5.69 Å². The number of nitro groups is 1. The Morgan fingerprint density at radius 1 is 1.47 bits per heavy atom. The molecule has 106 valence electrons. The largest absolute Gasteiger partial charge is 0.384 e. The maximum absolute atomic E-state index is 12.0. The van der Waals surface area contributed by atoms with Gasteiger partial charge in [0.25, 0.3) is 0 Å². The Kier molecular flexibility index (Phi) is 5.19. The molecule has 8 nitrogen and oxygen atoms in total. The first-order valence-electron chi connectivity index (χ1n) is 5.78. The van der Waals surface area contributed by atoms with Gasteiger partial charge in [-0.2, -0.15) is 0 Å². The second kappa shape index (κ2) is 6.43. The molecule has 0 saturated heterocycles. The van der Waals surface area contributed by atoms with E-state index in [4.69, 9.17) is 5.73 Å². The summed E-state index contributed by atoms with van der Waals surface area (Å²) < 4.78 is 26.3. The number of hydrogen-bond donors (Lipinski definition) is 2. The van der Waals surface area contributed by atoms with Crippen LogP contribution >= 0.6 is 0 Å². The smallest absolute Gasteiger partial charge is 0.307 e. The molecule has 0 aliphatic carbocycles. The highest BCUT2D eigenvalue weighted by Crippen LogP contribution is 2.23. The lowest BCUT2D eigenvalue weighted by molar-refractivity contribution is -0.388. The Hall–Kier alpha value is -1.74. The van der Waals surface area contributed by atoms with E-state index in [0.717, 1.165) is 25.1 Å². The lowest BCUT2D eigenvalue weighted by atomic mass is 10.3. The lowest BCUT2D eigenvalue weighted by Gasteiger charge is -2.07. The molecule has 0 aromatic carbocycles. The molecule has 0 bridgehead atoms.